The first kappa shape index (κ1) is 13.0. The van der Waals surface area contributed by atoms with Gasteiger partial charge in [-0.2, -0.15) is 0 Å². The summed E-state index contributed by atoms with van der Waals surface area (Å²) in [6, 6.07) is 3.39. The Morgan fingerprint density at radius 2 is 2.44 bits per heavy atom. The fraction of sp³-hybridized carbons (Fsp3) is 0.538. The molecule has 0 radical (unpaired) electrons. The molecule has 2 rings (SSSR count). The minimum absolute atomic E-state index is 0.234. The summed E-state index contributed by atoms with van der Waals surface area (Å²) in [6.07, 6.45) is 2.57. The lowest BCUT2D eigenvalue weighted by atomic mass is 10.1. The smallest absolute Gasteiger partial charge is 0.337 e. The molecule has 98 valence electrons. The Kier molecular flexibility index (Phi) is 4.28. The first-order chi connectivity index (χ1) is 8.69. The highest BCUT2D eigenvalue weighted by Gasteiger charge is 2.22. The number of aromatic carboxylic acids is 1. The molecule has 2 heterocycles. The summed E-state index contributed by atoms with van der Waals surface area (Å²) in [7, 11) is 1.73. The Labute approximate surface area is 106 Å². The Bertz CT molecular complexity index is 405. The van der Waals surface area contributed by atoms with E-state index in [1.807, 2.05) is 0 Å². The van der Waals surface area contributed by atoms with Gasteiger partial charge in [-0.05, 0) is 31.0 Å². The highest BCUT2D eigenvalue weighted by Crippen LogP contribution is 2.18. The third kappa shape index (κ3) is 3.27. The monoisotopic (exact) mass is 250 g/mol. The van der Waals surface area contributed by atoms with Crippen LogP contribution in [0.1, 0.15) is 22.5 Å². The third-order valence-corrected chi connectivity index (χ3v) is 3.23. The fourth-order valence-electron chi connectivity index (χ4n) is 2.30. The number of rotatable bonds is 5. The molecule has 0 spiro atoms. The molecule has 1 unspecified atom stereocenters. The summed E-state index contributed by atoms with van der Waals surface area (Å²) < 4.78 is 5.16. The number of carbonyl (C=O) groups is 1. The minimum Gasteiger partial charge on any atom is -0.478 e. The van der Waals surface area contributed by atoms with Crippen LogP contribution in [0.15, 0.2) is 18.3 Å². The van der Waals surface area contributed by atoms with Crippen molar-refractivity contribution in [2.45, 2.75) is 13.0 Å². The molecule has 0 aliphatic carbocycles. The molecular weight excluding hydrogens is 232 g/mol. The SMILES string of the molecule is COCC1CCN(Cc2ccc(C(=O)O)cn2)C1. The molecule has 5 heteroatoms. The first-order valence-corrected chi connectivity index (χ1v) is 6.08. The second-order valence-electron chi connectivity index (χ2n) is 4.69. The number of aromatic nitrogens is 1. The average Bonchev–Trinajstić information content (AvgIpc) is 2.78. The van der Waals surface area contributed by atoms with Crippen LogP contribution in [0.4, 0.5) is 0 Å². The summed E-state index contributed by atoms with van der Waals surface area (Å²) in [5.41, 5.74) is 1.15. The second kappa shape index (κ2) is 5.93. The minimum atomic E-state index is -0.935. The van der Waals surface area contributed by atoms with Crippen LogP contribution in [0.5, 0.6) is 0 Å². The quantitative estimate of drug-likeness (QED) is 0.852. The molecule has 1 atom stereocenters. The second-order valence-corrected chi connectivity index (χ2v) is 4.69. The highest BCUT2D eigenvalue weighted by atomic mass is 16.5. The average molecular weight is 250 g/mol. The van der Waals surface area contributed by atoms with Crippen LogP contribution in [0.2, 0.25) is 0 Å². The van der Waals surface area contributed by atoms with Crippen molar-refractivity contribution in [1.29, 1.82) is 0 Å². The molecule has 1 saturated heterocycles. The molecule has 0 aromatic carbocycles. The number of pyridine rings is 1. The van der Waals surface area contributed by atoms with Crippen molar-refractivity contribution in [3.05, 3.63) is 29.6 Å². The molecule has 0 amide bonds. The maximum absolute atomic E-state index is 10.7. The van der Waals surface area contributed by atoms with Gasteiger partial charge in [-0.1, -0.05) is 0 Å². The van der Waals surface area contributed by atoms with Gasteiger partial charge in [-0.15, -0.1) is 0 Å². The van der Waals surface area contributed by atoms with E-state index < -0.39 is 5.97 Å². The summed E-state index contributed by atoms with van der Waals surface area (Å²) in [5, 5.41) is 8.79. The van der Waals surface area contributed by atoms with Gasteiger partial charge in [0.15, 0.2) is 0 Å². The van der Waals surface area contributed by atoms with E-state index in [0.29, 0.717) is 5.92 Å². The third-order valence-electron chi connectivity index (χ3n) is 3.23. The normalized spacial score (nSPS) is 20.2. The number of carboxylic acid groups (broad SMARTS) is 1. The molecule has 18 heavy (non-hydrogen) atoms. The maximum Gasteiger partial charge on any atom is 0.337 e. The molecule has 1 aliphatic rings. The van der Waals surface area contributed by atoms with E-state index in [2.05, 4.69) is 9.88 Å². The predicted molar refractivity (Wildman–Crippen MR) is 66.5 cm³/mol. The van der Waals surface area contributed by atoms with Crippen molar-refractivity contribution >= 4 is 5.97 Å². The molecule has 0 saturated carbocycles. The van der Waals surface area contributed by atoms with Crippen molar-refractivity contribution in [2.24, 2.45) is 5.92 Å². The van der Waals surface area contributed by atoms with Crippen molar-refractivity contribution in [3.63, 3.8) is 0 Å². The van der Waals surface area contributed by atoms with E-state index in [4.69, 9.17) is 9.84 Å². The Morgan fingerprint density at radius 3 is 3.06 bits per heavy atom. The van der Waals surface area contributed by atoms with Crippen LogP contribution in [-0.2, 0) is 11.3 Å². The molecule has 1 aromatic rings. The number of hydrogen-bond acceptors (Lipinski definition) is 4. The zero-order valence-corrected chi connectivity index (χ0v) is 10.5. The van der Waals surface area contributed by atoms with Gasteiger partial charge in [0, 0.05) is 26.4 Å². The van der Waals surface area contributed by atoms with Gasteiger partial charge >= 0.3 is 5.97 Å². The Hall–Kier alpha value is -1.46. The summed E-state index contributed by atoms with van der Waals surface area (Å²) in [4.78, 5) is 17.2. The van der Waals surface area contributed by atoms with Crippen LogP contribution in [0.3, 0.4) is 0 Å². The van der Waals surface area contributed by atoms with Gasteiger partial charge in [-0.25, -0.2) is 4.79 Å². The molecule has 1 aromatic heterocycles. The van der Waals surface area contributed by atoms with E-state index in [-0.39, 0.29) is 5.56 Å². The number of hydrogen-bond donors (Lipinski definition) is 1. The number of methoxy groups -OCH3 is 1. The van der Waals surface area contributed by atoms with Crippen LogP contribution in [-0.4, -0.2) is 47.8 Å². The fourth-order valence-corrected chi connectivity index (χ4v) is 2.30. The summed E-state index contributed by atoms with van der Waals surface area (Å²) in [5.74, 6) is -0.330. The van der Waals surface area contributed by atoms with E-state index in [0.717, 1.165) is 38.4 Å². The largest absolute Gasteiger partial charge is 0.478 e. The molecule has 1 fully saturated rings. The number of carboxylic acids is 1. The number of likely N-dealkylation sites (tertiary alicyclic amines) is 1. The molecule has 1 N–H and O–H groups in total. The van der Waals surface area contributed by atoms with Crippen molar-refractivity contribution in [1.82, 2.24) is 9.88 Å². The lowest BCUT2D eigenvalue weighted by Crippen LogP contribution is -2.21. The van der Waals surface area contributed by atoms with E-state index >= 15 is 0 Å². The van der Waals surface area contributed by atoms with Crippen LogP contribution < -0.4 is 0 Å². The molecular formula is C13H18N2O3. The molecule has 0 bridgehead atoms. The van der Waals surface area contributed by atoms with Gasteiger partial charge in [0.1, 0.15) is 0 Å². The zero-order valence-electron chi connectivity index (χ0n) is 10.5. The zero-order chi connectivity index (χ0) is 13.0. The molecule has 5 nitrogen and oxygen atoms in total. The topological polar surface area (TPSA) is 62.7 Å². The van der Waals surface area contributed by atoms with E-state index in [1.165, 1.54) is 6.20 Å². The van der Waals surface area contributed by atoms with Gasteiger partial charge in [-0.3, -0.25) is 9.88 Å². The number of ether oxygens (including phenoxy) is 1. The number of nitrogens with zero attached hydrogens (tertiary/aromatic N) is 2. The van der Waals surface area contributed by atoms with Gasteiger partial charge in [0.2, 0.25) is 0 Å². The van der Waals surface area contributed by atoms with Crippen molar-refractivity contribution < 1.29 is 14.6 Å². The summed E-state index contributed by atoms with van der Waals surface area (Å²) >= 11 is 0. The first-order valence-electron chi connectivity index (χ1n) is 6.08. The van der Waals surface area contributed by atoms with Gasteiger partial charge in [0.05, 0.1) is 17.9 Å². The van der Waals surface area contributed by atoms with Gasteiger partial charge in [0.25, 0.3) is 0 Å². The van der Waals surface area contributed by atoms with Crippen LogP contribution in [0.25, 0.3) is 0 Å². The van der Waals surface area contributed by atoms with Crippen molar-refractivity contribution in [2.75, 3.05) is 26.8 Å². The van der Waals surface area contributed by atoms with Gasteiger partial charge < -0.3 is 9.84 Å². The highest BCUT2D eigenvalue weighted by molar-refractivity contribution is 5.87. The predicted octanol–water partition coefficient (Wildman–Crippen LogP) is 1.25. The Balaban J connectivity index is 1.88. The maximum atomic E-state index is 10.7. The van der Waals surface area contributed by atoms with Crippen LogP contribution in [0, 0.1) is 5.92 Å². The summed E-state index contributed by atoms with van der Waals surface area (Å²) in [6.45, 7) is 3.66. The Morgan fingerprint density at radius 1 is 1.61 bits per heavy atom. The van der Waals surface area contributed by atoms with E-state index in [1.54, 1.807) is 19.2 Å². The van der Waals surface area contributed by atoms with E-state index in [9.17, 15) is 4.79 Å². The lowest BCUT2D eigenvalue weighted by Gasteiger charge is -2.15. The molecule has 1 aliphatic heterocycles. The van der Waals surface area contributed by atoms with Crippen molar-refractivity contribution in [3.8, 4) is 0 Å². The standard InChI is InChI=1S/C13H18N2O3/c1-18-9-10-4-5-15(7-10)8-12-3-2-11(6-14-12)13(16)17/h2-3,6,10H,4-5,7-9H2,1H3,(H,16,17). The van der Waals surface area contributed by atoms with Crippen LogP contribution >= 0.6 is 0 Å². The lowest BCUT2D eigenvalue weighted by molar-refractivity contribution is 0.0696.